The summed E-state index contributed by atoms with van der Waals surface area (Å²) >= 11 is 1.53. The molecule has 7 nitrogen and oxygen atoms in total. The van der Waals surface area contributed by atoms with E-state index in [4.69, 9.17) is 13.8 Å². The number of hydrogen-bond acceptors (Lipinski definition) is 8. The van der Waals surface area contributed by atoms with Crippen LogP contribution in [0.15, 0.2) is 36.4 Å². The molecule has 1 heterocycles. The summed E-state index contributed by atoms with van der Waals surface area (Å²) in [5, 5.41) is 14.2. The van der Waals surface area contributed by atoms with Crippen molar-refractivity contribution in [1.29, 1.82) is 0 Å². The highest BCUT2D eigenvalue weighted by Crippen LogP contribution is 2.61. The van der Waals surface area contributed by atoms with Crippen LogP contribution in [0.1, 0.15) is 30.6 Å². The molecule has 1 atom stereocenters. The number of benzene rings is 2. The monoisotopic (exact) mass is 450 g/mol. The zero-order valence-electron chi connectivity index (χ0n) is 17.5. The van der Waals surface area contributed by atoms with E-state index in [1.807, 2.05) is 24.3 Å². The molecule has 0 amide bonds. The Kier molecular flexibility index (Phi) is 7.36. The lowest BCUT2D eigenvalue weighted by Gasteiger charge is -2.27. The zero-order chi connectivity index (χ0) is 21.7. The molecule has 1 aromatic heterocycles. The summed E-state index contributed by atoms with van der Waals surface area (Å²) in [6.45, 7) is 6.13. The number of phenolic OH excluding ortho intramolecular Hbond substituents is 1. The van der Waals surface area contributed by atoms with Gasteiger partial charge in [-0.15, -0.1) is 0 Å². The Balaban J connectivity index is 1.98. The molecule has 162 valence electrons. The molecule has 9 heteroatoms. The molecule has 0 fully saturated rings. The largest absolute Gasteiger partial charge is 0.504 e. The summed E-state index contributed by atoms with van der Waals surface area (Å²) in [5.41, 5.74) is 1.61. The summed E-state index contributed by atoms with van der Waals surface area (Å²) in [5.74, 6) is 0.372. The molecule has 0 aliphatic heterocycles. The van der Waals surface area contributed by atoms with E-state index in [1.165, 1.54) is 18.4 Å². The minimum Gasteiger partial charge on any atom is -0.504 e. The molecular weight excluding hydrogens is 423 g/mol. The van der Waals surface area contributed by atoms with Crippen molar-refractivity contribution in [2.24, 2.45) is 0 Å². The summed E-state index contributed by atoms with van der Waals surface area (Å²) in [4.78, 5) is 4.59. The second kappa shape index (κ2) is 9.79. The third kappa shape index (κ3) is 4.78. The number of hydrogen-bond donors (Lipinski definition) is 2. The highest BCUT2D eigenvalue weighted by atomic mass is 32.1. The molecule has 0 saturated heterocycles. The average Bonchev–Trinajstić information content (AvgIpc) is 3.13. The summed E-state index contributed by atoms with van der Waals surface area (Å²) in [6.07, 6.45) is 0. The van der Waals surface area contributed by atoms with E-state index in [2.05, 4.69) is 10.3 Å². The zero-order valence-corrected chi connectivity index (χ0v) is 19.3. The first-order chi connectivity index (χ1) is 14.4. The maximum absolute atomic E-state index is 13.7. The number of nitrogens with zero attached hydrogens (tertiary/aromatic N) is 1. The van der Waals surface area contributed by atoms with E-state index >= 15 is 0 Å². The fourth-order valence-corrected chi connectivity index (χ4v) is 6.10. The number of ether oxygens (including phenoxy) is 1. The van der Waals surface area contributed by atoms with Gasteiger partial charge in [0.1, 0.15) is 5.66 Å². The van der Waals surface area contributed by atoms with Gasteiger partial charge in [0, 0.05) is 6.54 Å². The minimum absolute atomic E-state index is 0.0572. The van der Waals surface area contributed by atoms with Gasteiger partial charge >= 0.3 is 7.60 Å². The van der Waals surface area contributed by atoms with Crippen LogP contribution in [0.25, 0.3) is 10.2 Å². The molecule has 0 spiro atoms. The summed E-state index contributed by atoms with van der Waals surface area (Å²) in [7, 11) is -2.03. The van der Waals surface area contributed by atoms with Crippen LogP contribution in [-0.4, -0.2) is 37.0 Å². The molecule has 3 rings (SSSR count). The predicted molar refractivity (Wildman–Crippen MR) is 121 cm³/mol. The van der Waals surface area contributed by atoms with Crippen molar-refractivity contribution in [3.8, 4) is 11.5 Å². The van der Waals surface area contributed by atoms with Crippen molar-refractivity contribution in [1.82, 2.24) is 4.98 Å². The number of thiazole rings is 1. The van der Waals surface area contributed by atoms with Gasteiger partial charge in [0.2, 0.25) is 0 Å². The Hall–Kier alpha value is -2.12. The fourth-order valence-electron chi connectivity index (χ4n) is 3.24. The van der Waals surface area contributed by atoms with Crippen LogP contribution in [0.4, 0.5) is 5.13 Å². The lowest BCUT2D eigenvalue weighted by Crippen LogP contribution is -2.16. The van der Waals surface area contributed by atoms with Gasteiger partial charge in [-0.25, -0.2) is 4.98 Å². The SMILES string of the molecule is CCOP(=O)(OCC)C(CNc1nc2ccccc2s1)c1cc(C)c(O)c(OC)c1. The van der Waals surface area contributed by atoms with E-state index in [0.717, 1.165) is 15.3 Å². The second-order valence-corrected chi connectivity index (χ2v) is 9.90. The standard InChI is InChI=1S/C21H27N2O5PS/c1-5-27-29(25,28-6-2)18(15-11-14(3)20(24)17(12-15)26-4)13-22-21-23-16-9-7-8-10-19(16)30-21/h7-12,18,24H,5-6,13H2,1-4H3,(H,22,23). The molecule has 0 aliphatic carbocycles. The molecule has 0 saturated carbocycles. The third-order valence-electron chi connectivity index (χ3n) is 4.63. The number of aryl methyl sites for hydroxylation is 1. The summed E-state index contributed by atoms with van der Waals surface area (Å²) < 4.78 is 31.4. The van der Waals surface area contributed by atoms with Crippen molar-refractivity contribution in [3.63, 3.8) is 0 Å². The van der Waals surface area contributed by atoms with E-state index in [9.17, 15) is 9.67 Å². The molecule has 0 radical (unpaired) electrons. The first-order valence-corrected chi connectivity index (χ1v) is 12.2. The molecule has 0 aliphatic rings. The Morgan fingerprint density at radius 2 is 1.90 bits per heavy atom. The molecule has 0 bridgehead atoms. The normalized spacial score (nSPS) is 12.8. The summed E-state index contributed by atoms with van der Waals surface area (Å²) in [6, 6.07) is 11.3. The number of aromatic nitrogens is 1. The number of methoxy groups -OCH3 is 1. The number of rotatable bonds is 10. The molecule has 3 aromatic rings. The maximum atomic E-state index is 13.7. The van der Waals surface area contributed by atoms with E-state index in [1.54, 1.807) is 32.9 Å². The number of phenols is 1. The van der Waals surface area contributed by atoms with Crippen LogP contribution >= 0.6 is 18.9 Å². The molecular formula is C21H27N2O5PS. The third-order valence-corrected chi connectivity index (χ3v) is 8.11. The van der Waals surface area contributed by atoms with E-state index in [0.29, 0.717) is 16.9 Å². The number of para-hydroxylation sites is 1. The smallest absolute Gasteiger partial charge is 0.339 e. The van der Waals surface area contributed by atoms with Crippen LogP contribution < -0.4 is 10.1 Å². The Morgan fingerprint density at radius 3 is 2.53 bits per heavy atom. The van der Waals surface area contributed by atoms with Gasteiger partial charge in [-0.3, -0.25) is 4.57 Å². The van der Waals surface area contributed by atoms with Crippen LogP contribution in [0.5, 0.6) is 11.5 Å². The Labute approximate surface area is 180 Å². The Bertz CT molecular complexity index is 1010. The Morgan fingerprint density at radius 1 is 1.20 bits per heavy atom. The average molecular weight is 450 g/mol. The number of aromatic hydroxyl groups is 1. The quantitative estimate of drug-likeness (QED) is 0.381. The van der Waals surface area contributed by atoms with Gasteiger partial charge in [0.15, 0.2) is 16.6 Å². The van der Waals surface area contributed by atoms with Crippen molar-refractivity contribution in [2.45, 2.75) is 26.4 Å². The van der Waals surface area contributed by atoms with Gasteiger partial charge in [0.25, 0.3) is 0 Å². The first kappa shape index (κ1) is 22.6. The number of anilines is 1. The van der Waals surface area contributed by atoms with Crippen LogP contribution in [-0.2, 0) is 13.6 Å². The number of nitrogens with one attached hydrogen (secondary N) is 1. The highest BCUT2D eigenvalue weighted by Gasteiger charge is 2.37. The second-order valence-electron chi connectivity index (χ2n) is 6.65. The van der Waals surface area contributed by atoms with Crippen molar-refractivity contribution >= 4 is 34.3 Å². The minimum atomic E-state index is -3.51. The van der Waals surface area contributed by atoms with Crippen LogP contribution in [0, 0.1) is 6.92 Å². The van der Waals surface area contributed by atoms with Crippen molar-refractivity contribution in [2.75, 3.05) is 32.2 Å². The van der Waals surface area contributed by atoms with Gasteiger partial charge in [0.05, 0.1) is 30.5 Å². The fraction of sp³-hybridized carbons (Fsp3) is 0.381. The first-order valence-electron chi connectivity index (χ1n) is 9.77. The molecule has 2 N–H and O–H groups in total. The lowest BCUT2D eigenvalue weighted by atomic mass is 10.1. The molecule has 30 heavy (non-hydrogen) atoms. The topological polar surface area (TPSA) is 89.9 Å². The van der Waals surface area contributed by atoms with Gasteiger partial charge in [-0.1, -0.05) is 29.5 Å². The highest BCUT2D eigenvalue weighted by molar-refractivity contribution is 7.54. The van der Waals surface area contributed by atoms with Crippen LogP contribution in [0.3, 0.4) is 0 Å². The van der Waals surface area contributed by atoms with Gasteiger partial charge < -0.3 is 24.2 Å². The van der Waals surface area contributed by atoms with Crippen LogP contribution in [0.2, 0.25) is 0 Å². The molecule has 2 aromatic carbocycles. The van der Waals surface area contributed by atoms with Gasteiger partial charge in [-0.05, 0) is 50.1 Å². The maximum Gasteiger partial charge on any atom is 0.339 e. The predicted octanol–water partition coefficient (Wildman–Crippen LogP) is 5.74. The lowest BCUT2D eigenvalue weighted by molar-refractivity contribution is 0.213. The van der Waals surface area contributed by atoms with Gasteiger partial charge in [-0.2, -0.15) is 0 Å². The van der Waals surface area contributed by atoms with E-state index < -0.39 is 13.3 Å². The van der Waals surface area contributed by atoms with Crippen molar-refractivity contribution in [3.05, 3.63) is 47.5 Å². The number of fused-ring (bicyclic) bond motifs is 1. The van der Waals surface area contributed by atoms with E-state index in [-0.39, 0.29) is 25.5 Å². The van der Waals surface area contributed by atoms with Crippen molar-refractivity contribution < 1.29 is 23.5 Å². The molecule has 1 unspecified atom stereocenters.